The molecule has 3 aliphatic rings. The summed E-state index contributed by atoms with van der Waals surface area (Å²) < 4.78 is 67.0. The Morgan fingerprint density at radius 2 is 1.59 bits per heavy atom. The number of benzene rings is 2. The molecule has 1 saturated heterocycles. The van der Waals surface area contributed by atoms with E-state index in [0.717, 1.165) is 36.8 Å². The van der Waals surface area contributed by atoms with Gasteiger partial charge in [-0.3, -0.25) is 9.59 Å². The topological polar surface area (TPSA) is 61.4 Å². The Kier molecular flexibility index (Phi) is 7.69. The normalized spacial score (nSPS) is 20.4. The van der Waals surface area contributed by atoms with E-state index in [9.17, 15) is 35.9 Å². The first-order chi connectivity index (χ1) is 17.3. The molecule has 37 heavy (non-hydrogen) atoms. The number of ketones is 2. The summed E-state index contributed by atoms with van der Waals surface area (Å²) in [4.78, 5) is 21.8. The number of Topliss-reactive ketones (excluding diaryl/α,β-unsaturated/α-hetero) is 2. The fraction of sp³-hybridized carbons (Fsp3) is 0.417. The van der Waals surface area contributed by atoms with Crippen molar-refractivity contribution in [1.29, 1.82) is 0 Å². The van der Waals surface area contributed by atoms with Crippen molar-refractivity contribution < 1.29 is 35.9 Å². The summed E-state index contributed by atoms with van der Waals surface area (Å²) in [5, 5.41) is 8.38. The lowest BCUT2D eigenvalue weighted by Gasteiger charge is -2.42. The van der Waals surface area contributed by atoms with E-state index in [4.69, 9.17) is 23.2 Å². The number of hydrogen-bond donors (Lipinski definition) is 2. The molecule has 1 fully saturated rings. The van der Waals surface area contributed by atoms with Crippen molar-refractivity contribution in [2.24, 2.45) is 5.92 Å². The number of alkyl halides is 6. The molecule has 13 heteroatoms. The van der Waals surface area contributed by atoms with Gasteiger partial charge in [-0.25, -0.2) is 0 Å². The number of nitrogens with zero attached hydrogens (tertiary/aromatic N) is 1. The molecule has 2 aromatic carbocycles. The van der Waals surface area contributed by atoms with Gasteiger partial charge in [-0.1, -0.05) is 29.3 Å². The molecular formula is C24H21Cl2F6N3O2. The number of anilines is 3. The summed E-state index contributed by atoms with van der Waals surface area (Å²) >= 11 is 12.7. The van der Waals surface area contributed by atoms with Crippen LogP contribution in [0, 0.1) is 5.92 Å². The smallest absolute Gasteiger partial charge is 0.371 e. The summed E-state index contributed by atoms with van der Waals surface area (Å²) in [6, 6.07) is 10.2. The van der Waals surface area contributed by atoms with Crippen LogP contribution >= 0.6 is 23.2 Å². The zero-order valence-corrected chi connectivity index (χ0v) is 20.6. The maximum Gasteiger partial charge on any atom is 0.458 e. The number of hydrogen-bond acceptors (Lipinski definition) is 5. The third-order valence-electron chi connectivity index (χ3n) is 6.56. The molecule has 200 valence electrons. The predicted molar refractivity (Wildman–Crippen MR) is 128 cm³/mol. The molecule has 0 radical (unpaired) electrons. The van der Waals surface area contributed by atoms with Crippen molar-refractivity contribution in [3.05, 3.63) is 51.5 Å². The Morgan fingerprint density at radius 3 is 2.19 bits per heavy atom. The van der Waals surface area contributed by atoms with Gasteiger partial charge in [0.05, 0.1) is 15.7 Å². The third kappa shape index (κ3) is 5.83. The molecule has 0 amide bonds. The van der Waals surface area contributed by atoms with Crippen LogP contribution in [0.4, 0.5) is 43.4 Å². The molecule has 2 N–H and O–H groups in total. The SMILES string of the molecule is Clc1cccc(Cl)c1Nc1cc2c3c(c1)[C@@H]1CNC[C@@H]1CN3CCC2.O=C(C(=O)C(F)(F)F)C(F)(F)F. The van der Waals surface area contributed by atoms with Gasteiger partial charge < -0.3 is 15.5 Å². The van der Waals surface area contributed by atoms with Gasteiger partial charge in [0.25, 0.3) is 0 Å². The zero-order chi connectivity index (χ0) is 27.1. The van der Waals surface area contributed by atoms with E-state index in [1.54, 1.807) is 0 Å². The second-order valence-corrected chi connectivity index (χ2v) is 9.84. The van der Waals surface area contributed by atoms with Crippen molar-refractivity contribution >= 4 is 51.8 Å². The first kappa shape index (κ1) is 27.5. The standard InChI is InChI=1S/C20H21Cl2N3.C4F6O2/c21-17-4-1-5-18(22)19(17)24-14-7-12-3-2-6-25-11-13-9-23-10-16(13)15(8-14)20(12)25;5-3(6,7)1(11)2(12)4(8,9)10/h1,4-5,7-8,13,16,23-24H,2-3,6,9-11H2;/t13-,16-;/m1./s1. The molecule has 0 saturated carbocycles. The molecule has 5 nitrogen and oxygen atoms in total. The van der Waals surface area contributed by atoms with Gasteiger partial charge in [-0.2, -0.15) is 26.3 Å². The highest BCUT2D eigenvalue weighted by Gasteiger charge is 2.54. The Labute approximate surface area is 218 Å². The average Bonchev–Trinajstić information content (AvgIpc) is 3.29. The highest BCUT2D eigenvalue weighted by atomic mass is 35.5. The molecule has 0 bridgehead atoms. The molecule has 0 aliphatic carbocycles. The Morgan fingerprint density at radius 1 is 0.973 bits per heavy atom. The molecule has 3 aliphatic heterocycles. The van der Waals surface area contributed by atoms with Crippen molar-refractivity contribution in [3.63, 3.8) is 0 Å². The molecule has 0 spiro atoms. The number of para-hydroxylation sites is 1. The highest BCUT2D eigenvalue weighted by Crippen LogP contribution is 2.46. The number of nitrogens with one attached hydrogen (secondary N) is 2. The fourth-order valence-electron chi connectivity index (χ4n) is 5.00. The lowest BCUT2D eigenvalue weighted by Crippen LogP contribution is -2.41. The Balaban J connectivity index is 0.000000229. The number of rotatable bonds is 3. The van der Waals surface area contributed by atoms with Gasteiger partial charge in [0.15, 0.2) is 0 Å². The van der Waals surface area contributed by atoms with E-state index in [2.05, 4.69) is 27.7 Å². The van der Waals surface area contributed by atoms with Crippen molar-refractivity contribution in [3.8, 4) is 0 Å². The van der Waals surface area contributed by atoms with Gasteiger partial charge in [0.1, 0.15) is 0 Å². The summed E-state index contributed by atoms with van der Waals surface area (Å²) in [7, 11) is 0. The molecule has 3 heterocycles. The summed E-state index contributed by atoms with van der Waals surface area (Å²) in [5.74, 6) is -5.48. The molecule has 5 rings (SSSR count). The van der Waals surface area contributed by atoms with Gasteiger partial charge >= 0.3 is 23.9 Å². The summed E-state index contributed by atoms with van der Waals surface area (Å²) in [6.45, 7) is 4.60. The number of fused-ring (bicyclic) bond motifs is 2. The average molecular weight is 568 g/mol. The van der Waals surface area contributed by atoms with Crippen LogP contribution in [-0.2, 0) is 16.0 Å². The molecule has 2 aromatic rings. The summed E-state index contributed by atoms with van der Waals surface area (Å²) in [5.41, 5.74) is 6.33. The first-order valence-corrected chi connectivity index (χ1v) is 12.1. The molecule has 0 aromatic heterocycles. The van der Waals surface area contributed by atoms with E-state index in [-0.39, 0.29) is 0 Å². The van der Waals surface area contributed by atoms with Gasteiger partial charge in [-0.15, -0.1) is 0 Å². The fourth-order valence-corrected chi connectivity index (χ4v) is 5.49. The highest BCUT2D eigenvalue weighted by molar-refractivity contribution is 6.41. The van der Waals surface area contributed by atoms with E-state index in [1.165, 1.54) is 36.3 Å². The van der Waals surface area contributed by atoms with Gasteiger partial charge in [0, 0.05) is 43.5 Å². The van der Waals surface area contributed by atoms with Crippen molar-refractivity contribution in [1.82, 2.24) is 5.32 Å². The molecular weight excluding hydrogens is 547 g/mol. The van der Waals surface area contributed by atoms with Crippen LogP contribution in [0.1, 0.15) is 23.5 Å². The van der Waals surface area contributed by atoms with E-state index in [1.807, 2.05) is 18.2 Å². The second-order valence-electron chi connectivity index (χ2n) is 9.02. The predicted octanol–water partition coefficient (Wildman–Crippen LogP) is 6.06. The maximum absolute atomic E-state index is 11.2. The van der Waals surface area contributed by atoms with Crippen LogP contribution in [0.5, 0.6) is 0 Å². The van der Waals surface area contributed by atoms with Crippen molar-refractivity contribution in [2.75, 3.05) is 36.4 Å². The third-order valence-corrected chi connectivity index (χ3v) is 7.19. The van der Waals surface area contributed by atoms with Crippen molar-refractivity contribution in [2.45, 2.75) is 31.1 Å². The number of carbonyl (C=O) groups excluding carboxylic acids is 2. The number of aryl methyl sites for hydroxylation is 1. The second kappa shape index (κ2) is 10.3. The van der Waals surface area contributed by atoms with Crippen LogP contribution in [-0.4, -0.2) is 50.1 Å². The van der Waals surface area contributed by atoms with Crippen LogP contribution in [0.15, 0.2) is 30.3 Å². The minimum Gasteiger partial charge on any atom is -0.371 e. The monoisotopic (exact) mass is 567 g/mol. The first-order valence-electron chi connectivity index (χ1n) is 11.3. The van der Waals surface area contributed by atoms with E-state index in [0.29, 0.717) is 16.0 Å². The molecule has 0 unspecified atom stereocenters. The maximum atomic E-state index is 11.2. The lowest BCUT2D eigenvalue weighted by molar-refractivity contribution is -0.193. The lowest BCUT2D eigenvalue weighted by atomic mass is 9.80. The van der Waals surface area contributed by atoms with E-state index >= 15 is 0 Å². The van der Waals surface area contributed by atoms with Gasteiger partial charge in [0.2, 0.25) is 0 Å². The molecule has 2 atom stereocenters. The minimum absolute atomic E-state index is 0.617. The van der Waals surface area contributed by atoms with Crippen LogP contribution in [0.3, 0.4) is 0 Å². The van der Waals surface area contributed by atoms with E-state index < -0.39 is 23.9 Å². The minimum atomic E-state index is -5.77. The quantitative estimate of drug-likeness (QED) is 0.349. The van der Waals surface area contributed by atoms with Crippen LogP contribution in [0.2, 0.25) is 10.0 Å². The largest absolute Gasteiger partial charge is 0.458 e. The Hall–Kier alpha value is -2.50. The summed E-state index contributed by atoms with van der Waals surface area (Å²) in [6.07, 6.45) is -9.16. The number of halogens is 8. The van der Waals surface area contributed by atoms with Crippen LogP contribution in [0.25, 0.3) is 0 Å². The zero-order valence-electron chi connectivity index (χ0n) is 19.1. The van der Waals surface area contributed by atoms with Crippen LogP contribution < -0.4 is 15.5 Å². The number of carbonyl (C=O) groups is 2. The Bertz CT molecular complexity index is 1170. The van der Waals surface area contributed by atoms with Gasteiger partial charge in [-0.05, 0) is 54.2 Å².